The number of carbonyl (C=O) groups is 2. The number of rotatable bonds is 9. The zero-order chi connectivity index (χ0) is 20.1. The van der Waals surface area contributed by atoms with Crippen molar-refractivity contribution in [2.45, 2.75) is 51.1 Å². The van der Waals surface area contributed by atoms with Gasteiger partial charge in [-0.15, -0.1) is 0 Å². The van der Waals surface area contributed by atoms with Crippen LogP contribution in [0.15, 0.2) is 18.3 Å². The van der Waals surface area contributed by atoms with Crippen LogP contribution in [0.2, 0.25) is 0 Å². The number of esters is 1. The standard InChI is InChI=1S/C19H27N3O5S/c1-2-3-9-22(16-8-10-28(25,26)13-16)18(23)12-27-19(24)14-4-7-17(20-11-14)21-15-5-6-15/h4,7,11,15-16H,2-3,5-6,8-10,12-13H2,1H3,(H,20,21). The van der Waals surface area contributed by atoms with E-state index in [2.05, 4.69) is 10.3 Å². The van der Waals surface area contributed by atoms with Gasteiger partial charge in [-0.25, -0.2) is 18.2 Å². The Bertz CT molecular complexity index is 805. The van der Waals surface area contributed by atoms with Gasteiger partial charge in [0.25, 0.3) is 5.91 Å². The van der Waals surface area contributed by atoms with E-state index in [1.165, 1.54) is 6.20 Å². The molecule has 0 aromatic carbocycles. The van der Waals surface area contributed by atoms with Gasteiger partial charge in [-0.3, -0.25) is 4.79 Å². The smallest absolute Gasteiger partial charge is 0.340 e. The maximum Gasteiger partial charge on any atom is 0.340 e. The lowest BCUT2D eigenvalue weighted by atomic mass is 10.2. The molecule has 9 heteroatoms. The molecule has 28 heavy (non-hydrogen) atoms. The molecule has 1 aliphatic carbocycles. The van der Waals surface area contributed by atoms with Gasteiger partial charge in [-0.2, -0.15) is 0 Å². The molecule has 0 spiro atoms. The van der Waals surface area contributed by atoms with E-state index in [1.54, 1.807) is 17.0 Å². The Labute approximate surface area is 165 Å². The van der Waals surface area contributed by atoms with Crippen LogP contribution < -0.4 is 5.32 Å². The Morgan fingerprint density at radius 3 is 2.64 bits per heavy atom. The van der Waals surface area contributed by atoms with Crippen LogP contribution in [0.1, 0.15) is 49.4 Å². The fourth-order valence-corrected chi connectivity index (χ4v) is 4.92. The highest BCUT2D eigenvalue weighted by Gasteiger charge is 2.34. The third-order valence-electron chi connectivity index (χ3n) is 4.98. The van der Waals surface area contributed by atoms with Crippen molar-refractivity contribution >= 4 is 27.5 Å². The maximum absolute atomic E-state index is 12.6. The van der Waals surface area contributed by atoms with E-state index < -0.39 is 22.4 Å². The third kappa shape index (κ3) is 5.67. The number of aromatic nitrogens is 1. The van der Waals surface area contributed by atoms with Crippen molar-refractivity contribution in [2.24, 2.45) is 0 Å². The van der Waals surface area contributed by atoms with Gasteiger partial charge in [-0.1, -0.05) is 13.3 Å². The van der Waals surface area contributed by atoms with E-state index >= 15 is 0 Å². The second-order valence-electron chi connectivity index (χ2n) is 7.42. The van der Waals surface area contributed by atoms with Crippen LogP contribution in [0.25, 0.3) is 0 Å². The van der Waals surface area contributed by atoms with Gasteiger partial charge >= 0.3 is 5.97 Å². The number of ether oxygens (including phenoxy) is 1. The zero-order valence-electron chi connectivity index (χ0n) is 16.1. The predicted molar refractivity (Wildman–Crippen MR) is 105 cm³/mol. The molecule has 1 aromatic heterocycles. The Morgan fingerprint density at radius 1 is 1.29 bits per heavy atom. The first-order chi connectivity index (χ1) is 13.4. The SMILES string of the molecule is CCCCN(C(=O)COC(=O)c1ccc(NC2CC2)nc1)C1CCS(=O)(=O)C1. The summed E-state index contributed by atoms with van der Waals surface area (Å²) in [5.41, 5.74) is 0.276. The molecule has 1 N–H and O–H groups in total. The van der Waals surface area contributed by atoms with Crippen molar-refractivity contribution in [3.63, 3.8) is 0 Å². The van der Waals surface area contributed by atoms with Crippen LogP contribution in [0.4, 0.5) is 5.82 Å². The van der Waals surface area contributed by atoms with Gasteiger partial charge in [0.1, 0.15) is 5.82 Å². The van der Waals surface area contributed by atoms with Crippen LogP contribution >= 0.6 is 0 Å². The van der Waals surface area contributed by atoms with Gasteiger partial charge in [-0.05, 0) is 37.8 Å². The van der Waals surface area contributed by atoms with E-state index in [1.807, 2.05) is 6.92 Å². The fourth-order valence-electron chi connectivity index (χ4n) is 3.19. The van der Waals surface area contributed by atoms with Crippen LogP contribution in [0.5, 0.6) is 0 Å². The quantitative estimate of drug-likeness (QED) is 0.618. The molecule has 1 atom stereocenters. The summed E-state index contributed by atoms with van der Waals surface area (Å²) in [6, 6.07) is 3.46. The molecule has 3 rings (SSSR count). The summed E-state index contributed by atoms with van der Waals surface area (Å²) in [5, 5.41) is 3.23. The van der Waals surface area contributed by atoms with Gasteiger partial charge in [0, 0.05) is 24.8 Å². The molecule has 2 fully saturated rings. The van der Waals surface area contributed by atoms with Crippen molar-refractivity contribution < 1.29 is 22.7 Å². The summed E-state index contributed by atoms with van der Waals surface area (Å²) in [6.45, 7) is 2.07. The second kappa shape index (κ2) is 8.89. The summed E-state index contributed by atoms with van der Waals surface area (Å²) < 4.78 is 28.7. The topological polar surface area (TPSA) is 106 Å². The first-order valence-electron chi connectivity index (χ1n) is 9.77. The second-order valence-corrected chi connectivity index (χ2v) is 9.65. The highest BCUT2D eigenvalue weighted by atomic mass is 32.2. The van der Waals surface area contributed by atoms with Crippen molar-refractivity contribution in [1.29, 1.82) is 0 Å². The number of amides is 1. The highest BCUT2D eigenvalue weighted by Crippen LogP contribution is 2.23. The van der Waals surface area contributed by atoms with Gasteiger partial charge in [0.05, 0.1) is 17.1 Å². The van der Waals surface area contributed by atoms with Crippen LogP contribution in [0, 0.1) is 0 Å². The molecule has 2 aliphatic rings. The normalized spacial score (nSPS) is 20.5. The summed E-state index contributed by atoms with van der Waals surface area (Å²) in [4.78, 5) is 30.5. The Kier molecular flexibility index (Phi) is 6.53. The Morgan fingerprint density at radius 2 is 2.07 bits per heavy atom. The van der Waals surface area contributed by atoms with Crippen LogP contribution in [-0.4, -0.2) is 66.9 Å². The average molecular weight is 410 g/mol. The Balaban J connectivity index is 1.54. The summed E-state index contributed by atoms with van der Waals surface area (Å²) in [6.07, 6.45) is 5.78. The predicted octanol–water partition coefficient (Wildman–Crippen LogP) is 1.63. The number of anilines is 1. The lowest BCUT2D eigenvalue weighted by Gasteiger charge is -2.28. The van der Waals surface area contributed by atoms with Crippen molar-refractivity contribution in [2.75, 3.05) is 30.0 Å². The maximum atomic E-state index is 12.6. The number of nitrogens with zero attached hydrogens (tertiary/aromatic N) is 2. The minimum atomic E-state index is -3.10. The van der Waals surface area contributed by atoms with Crippen molar-refractivity contribution in [3.8, 4) is 0 Å². The van der Waals surface area contributed by atoms with Gasteiger partial charge < -0.3 is 15.0 Å². The van der Waals surface area contributed by atoms with Gasteiger partial charge in [0.15, 0.2) is 16.4 Å². The fraction of sp³-hybridized carbons (Fsp3) is 0.632. The van der Waals surface area contributed by atoms with E-state index in [0.717, 1.165) is 25.7 Å². The molecular formula is C19H27N3O5S. The van der Waals surface area contributed by atoms with E-state index in [-0.39, 0.29) is 29.0 Å². The minimum Gasteiger partial charge on any atom is -0.452 e. The van der Waals surface area contributed by atoms with Gasteiger partial charge in [0.2, 0.25) is 0 Å². The highest BCUT2D eigenvalue weighted by molar-refractivity contribution is 7.91. The minimum absolute atomic E-state index is 0.0181. The molecule has 1 saturated heterocycles. The average Bonchev–Trinajstić information content (AvgIpc) is 3.41. The number of hydrogen-bond donors (Lipinski definition) is 1. The molecule has 1 amide bonds. The lowest BCUT2D eigenvalue weighted by Crippen LogP contribution is -2.43. The monoisotopic (exact) mass is 409 g/mol. The number of sulfone groups is 1. The van der Waals surface area contributed by atoms with Crippen LogP contribution in [-0.2, 0) is 19.4 Å². The summed E-state index contributed by atoms with van der Waals surface area (Å²) in [7, 11) is -3.10. The molecule has 1 aromatic rings. The largest absolute Gasteiger partial charge is 0.452 e. The third-order valence-corrected chi connectivity index (χ3v) is 6.73. The number of pyridine rings is 1. The van der Waals surface area contributed by atoms with E-state index in [4.69, 9.17) is 4.74 Å². The molecular weight excluding hydrogens is 382 g/mol. The first-order valence-corrected chi connectivity index (χ1v) is 11.6. The van der Waals surface area contributed by atoms with Crippen molar-refractivity contribution in [3.05, 3.63) is 23.9 Å². The molecule has 1 aliphatic heterocycles. The molecule has 8 nitrogen and oxygen atoms in total. The van der Waals surface area contributed by atoms with Crippen molar-refractivity contribution in [1.82, 2.24) is 9.88 Å². The van der Waals surface area contributed by atoms with Crippen LogP contribution in [0.3, 0.4) is 0 Å². The molecule has 2 heterocycles. The molecule has 0 radical (unpaired) electrons. The lowest BCUT2D eigenvalue weighted by molar-refractivity contribution is -0.136. The number of hydrogen-bond acceptors (Lipinski definition) is 7. The summed E-state index contributed by atoms with van der Waals surface area (Å²) >= 11 is 0. The number of nitrogens with one attached hydrogen (secondary N) is 1. The first kappa shape index (κ1) is 20.6. The molecule has 0 bridgehead atoms. The molecule has 154 valence electrons. The molecule has 1 saturated carbocycles. The Hall–Kier alpha value is -2.16. The van der Waals surface area contributed by atoms with E-state index in [9.17, 15) is 18.0 Å². The molecule has 1 unspecified atom stereocenters. The zero-order valence-corrected chi connectivity index (χ0v) is 16.9. The van der Waals surface area contributed by atoms with E-state index in [0.29, 0.717) is 24.8 Å². The number of unbranched alkanes of at least 4 members (excludes halogenated alkanes) is 1. The summed E-state index contributed by atoms with van der Waals surface area (Å²) in [5.74, 6) is -0.184. The number of carbonyl (C=O) groups excluding carboxylic acids is 2.